The van der Waals surface area contributed by atoms with Gasteiger partial charge in [-0.2, -0.15) is 0 Å². The maximum Gasteiger partial charge on any atom is 0.308 e. The highest BCUT2D eigenvalue weighted by Crippen LogP contribution is 2.26. The monoisotopic (exact) mass is 513 g/mol. The lowest BCUT2D eigenvalue weighted by Crippen LogP contribution is -2.60. The Bertz CT molecular complexity index is 820. The molecule has 10 heteroatoms. The van der Waals surface area contributed by atoms with Crippen molar-refractivity contribution in [2.75, 3.05) is 26.8 Å². The van der Waals surface area contributed by atoms with Crippen LogP contribution in [0.1, 0.15) is 49.4 Å². The lowest BCUT2D eigenvalue weighted by molar-refractivity contribution is -0.144. The molecule has 1 aromatic carbocycles. The Labute approximate surface area is 196 Å². The number of benzene rings is 1. The van der Waals surface area contributed by atoms with Crippen LogP contribution >= 0.6 is 28.1 Å². The quantitative estimate of drug-likeness (QED) is 0.297. The number of methoxy groups -OCH3 is 1. The summed E-state index contributed by atoms with van der Waals surface area (Å²) in [7, 11) is 1.25. The fraction of sp³-hybridized carbons (Fsp3) is 0.524. The summed E-state index contributed by atoms with van der Waals surface area (Å²) in [5.41, 5.74) is 0.388. The van der Waals surface area contributed by atoms with Crippen LogP contribution in [0, 0.1) is 0 Å². The smallest absolute Gasteiger partial charge is 0.308 e. The molecule has 0 aromatic heterocycles. The Kier molecular flexibility index (Phi) is 10.2. The Balaban J connectivity index is 1.98. The van der Waals surface area contributed by atoms with Gasteiger partial charge in [0, 0.05) is 18.7 Å². The predicted molar refractivity (Wildman–Crippen MR) is 124 cm³/mol. The predicted octanol–water partition coefficient (Wildman–Crippen LogP) is 2.79. The SMILES string of the molecule is CCCCCCOc1ccc(C(=O)NC(=S)N2CCNC(=O)C2CC(=O)OC)cc1Br. The molecule has 0 saturated carbocycles. The summed E-state index contributed by atoms with van der Waals surface area (Å²) in [6.45, 7) is 3.52. The Morgan fingerprint density at radius 3 is 2.77 bits per heavy atom. The number of carbonyl (C=O) groups is 3. The first kappa shape index (κ1) is 25.1. The van der Waals surface area contributed by atoms with E-state index in [-0.39, 0.29) is 17.4 Å². The molecule has 1 aromatic rings. The molecule has 8 nitrogen and oxygen atoms in total. The molecule has 1 atom stereocenters. The minimum atomic E-state index is -0.829. The molecule has 1 saturated heterocycles. The average Bonchev–Trinajstić information content (AvgIpc) is 2.75. The van der Waals surface area contributed by atoms with Crippen molar-refractivity contribution in [3.05, 3.63) is 28.2 Å². The third-order valence-corrected chi connectivity index (χ3v) is 5.81. The summed E-state index contributed by atoms with van der Waals surface area (Å²) < 4.78 is 11.1. The van der Waals surface area contributed by atoms with E-state index in [2.05, 4.69) is 38.2 Å². The van der Waals surface area contributed by atoms with Crippen molar-refractivity contribution in [2.45, 2.75) is 45.1 Å². The van der Waals surface area contributed by atoms with E-state index in [4.69, 9.17) is 17.0 Å². The molecule has 1 aliphatic heterocycles. The summed E-state index contributed by atoms with van der Waals surface area (Å²) in [6, 6.07) is 4.22. The molecule has 170 valence electrons. The Morgan fingerprint density at radius 1 is 1.32 bits per heavy atom. The highest BCUT2D eigenvalue weighted by molar-refractivity contribution is 9.10. The first-order valence-electron chi connectivity index (χ1n) is 10.3. The van der Waals surface area contributed by atoms with Crippen LogP contribution in [-0.4, -0.2) is 60.6 Å². The summed E-state index contributed by atoms with van der Waals surface area (Å²) >= 11 is 8.79. The third-order valence-electron chi connectivity index (χ3n) is 4.85. The van der Waals surface area contributed by atoms with Gasteiger partial charge in [0.2, 0.25) is 5.91 Å². The highest BCUT2D eigenvalue weighted by atomic mass is 79.9. The second-order valence-electron chi connectivity index (χ2n) is 7.09. The topological polar surface area (TPSA) is 97.0 Å². The number of nitrogens with one attached hydrogen (secondary N) is 2. The van der Waals surface area contributed by atoms with Crippen LogP contribution in [0.5, 0.6) is 5.75 Å². The van der Waals surface area contributed by atoms with Crippen LogP contribution in [0.3, 0.4) is 0 Å². The van der Waals surface area contributed by atoms with E-state index >= 15 is 0 Å². The number of halogens is 1. The normalized spacial score (nSPS) is 15.8. The van der Waals surface area contributed by atoms with Crippen molar-refractivity contribution in [1.82, 2.24) is 15.5 Å². The van der Waals surface area contributed by atoms with Crippen molar-refractivity contribution >= 4 is 51.0 Å². The zero-order chi connectivity index (χ0) is 22.8. The molecule has 1 heterocycles. The molecule has 0 aliphatic carbocycles. The molecule has 1 unspecified atom stereocenters. The van der Waals surface area contributed by atoms with Gasteiger partial charge in [0.15, 0.2) is 5.11 Å². The summed E-state index contributed by atoms with van der Waals surface area (Å²) in [5, 5.41) is 5.42. The number of amides is 2. The van der Waals surface area contributed by atoms with Gasteiger partial charge in [-0.3, -0.25) is 19.7 Å². The van der Waals surface area contributed by atoms with Crippen molar-refractivity contribution in [1.29, 1.82) is 0 Å². The minimum Gasteiger partial charge on any atom is -0.492 e. The maximum absolute atomic E-state index is 12.7. The molecule has 1 fully saturated rings. The number of nitrogens with zero attached hydrogens (tertiary/aromatic N) is 1. The number of hydrogen-bond acceptors (Lipinski definition) is 6. The highest BCUT2D eigenvalue weighted by Gasteiger charge is 2.34. The minimum absolute atomic E-state index is 0.0844. The van der Waals surface area contributed by atoms with Crippen LogP contribution in [0.4, 0.5) is 0 Å². The van der Waals surface area contributed by atoms with Gasteiger partial charge in [-0.1, -0.05) is 26.2 Å². The zero-order valence-corrected chi connectivity index (χ0v) is 20.1. The lowest BCUT2D eigenvalue weighted by atomic mass is 10.1. The van der Waals surface area contributed by atoms with Crippen LogP contribution < -0.4 is 15.4 Å². The number of esters is 1. The van der Waals surface area contributed by atoms with E-state index in [1.165, 1.54) is 24.9 Å². The van der Waals surface area contributed by atoms with E-state index in [9.17, 15) is 14.4 Å². The van der Waals surface area contributed by atoms with E-state index < -0.39 is 17.9 Å². The average molecular weight is 514 g/mol. The number of ether oxygens (including phenoxy) is 2. The van der Waals surface area contributed by atoms with Crippen molar-refractivity contribution in [3.63, 3.8) is 0 Å². The number of piperazine rings is 1. The largest absolute Gasteiger partial charge is 0.492 e. The molecule has 1 aliphatic rings. The Hall–Kier alpha value is -2.20. The lowest BCUT2D eigenvalue weighted by Gasteiger charge is -2.36. The molecule has 2 amide bonds. The fourth-order valence-electron chi connectivity index (χ4n) is 3.11. The number of unbranched alkanes of at least 4 members (excludes halogenated alkanes) is 3. The van der Waals surface area contributed by atoms with Crippen LogP contribution in [0.2, 0.25) is 0 Å². The number of rotatable bonds is 9. The van der Waals surface area contributed by atoms with Gasteiger partial charge in [0.25, 0.3) is 5.91 Å². The number of carbonyl (C=O) groups excluding carboxylic acids is 3. The summed E-state index contributed by atoms with van der Waals surface area (Å²) in [4.78, 5) is 38.1. The van der Waals surface area contributed by atoms with Gasteiger partial charge in [-0.25, -0.2) is 0 Å². The first-order valence-corrected chi connectivity index (χ1v) is 11.5. The first-order chi connectivity index (χ1) is 14.9. The maximum atomic E-state index is 12.7. The summed E-state index contributed by atoms with van der Waals surface area (Å²) in [5.74, 6) is -0.615. The van der Waals surface area contributed by atoms with Gasteiger partial charge >= 0.3 is 5.97 Å². The number of hydrogen-bond donors (Lipinski definition) is 2. The molecular formula is C21H28BrN3O5S. The third kappa shape index (κ3) is 7.46. The van der Waals surface area contributed by atoms with Gasteiger partial charge < -0.3 is 19.7 Å². The van der Waals surface area contributed by atoms with Gasteiger partial charge in [0.1, 0.15) is 11.8 Å². The molecule has 0 bridgehead atoms. The van der Waals surface area contributed by atoms with E-state index in [1.807, 2.05) is 0 Å². The molecular weight excluding hydrogens is 486 g/mol. The van der Waals surface area contributed by atoms with Gasteiger partial charge in [-0.05, 0) is 52.8 Å². The van der Waals surface area contributed by atoms with Crippen molar-refractivity contribution in [3.8, 4) is 5.75 Å². The standard InChI is InChI=1S/C21H28BrN3O5S/c1-3-4-5-6-11-30-17-8-7-14(12-15(17)22)19(27)24-21(31)25-10-9-23-20(28)16(25)13-18(26)29-2/h7-8,12,16H,3-6,9-11,13H2,1-2H3,(H,23,28)(H,24,27,31). The molecule has 0 spiro atoms. The van der Waals surface area contributed by atoms with E-state index in [1.54, 1.807) is 18.2 Å². The van der Waals surface area contributed by atoms with Crippen molar-refractivity contribution < 1.29 is 23.9 Å². The van der Waals surface area contributed by atoms with Crippen LogP contribution in [0.15, 0.2) is 22.7 Å². The van der Waals surface area contributed by atoms with E-state index in [0.717, 1.165) is 12.8 Å². The van der Waals surface area contributed by atoms with Gasteiger partial charge in [0.05, 0.1) is 24.6 Å². The molecule has 0 radical (unpaired) electrons. The van der Waals surface area contributed by atoms with Crippen LogP contribution in [0.25, 0.3) is 0 Å². The second-order valence-corrected chi connectivity index (χ2v) is 8.34. The van der Waals surface area contributed by atoms with E-state index in [0.29, 0.717) is 35.5 Å². The molecule has 2 rings (SSSR count). The fourth-order valence-corrected chi connectivity index (χ4v) is 3.92. The van der Waals surface area contributed by atoms with Crippen molar-refractivity contribution in [2.24, 2.45) is 0 Å². The second kappa shape index (κ2) is 12.6. The van der Waals surface area contributed by atoms with Crippen LogP contribution in [-0.2, 0) is 14.3 Å². The Morgan fingerprint density at radius 2 is 2.10 bits per heavy atom. The molecule has 31 heavy (non-hydrogen) atoms. The number of thiocarbonyl (C=S) groups is 1. The molecule has 2 N–H and O–H groups in total. The summed E-state index contributed by atoms with van der Waals surface area (Å²) in [6.07, 6.45) is 4.29. The zero-order valence-electron chi connectivity index (χ0n) is 17.7. The van der Waals surface area contributed by atoms with Gasteiger partial charge in [-0.15, -0.1) is 0 Å².